The maximum atomic E-state index is 12.2. The smallest absolute Gasteiger partial charge is 0.251 e. The number of H-pyrrole nitrogens is 1. The standard InChI is InChI=1S/C18H24N4O2/c1-13-17(21-14(2)20-13)15-3-5-16(6-4-15)18(23)19-7-8-22-9-11-24-12-10-22/h3-6H,7-12H2,1-2H3,(H,19,23)(H,20,21). The summed E-state index contributed by atoms with van der Waals surface area (Å²) >= 11 is 0. The second-order valence-electron chi connectivity index (χ2n) is 6.08. The zero-order chi connectivity index (χ0) is 16.9. The van der Waals surface area contributed by atoms with Crippen LogP contribution in [0, 0.1) is 13.8 Å². The Kier molecular flexibility index (Phi) is 5.27. The van der Waals surface area contributed by atoms with E-state index in [9.17, 15) is 4.79 Å². The van der Waals surface area contributed by atoms with Crippen molar-refractivity contribution in [1.29, 1.82) is 0 Å². The Hall–Kier alpha value is -2.18. The van der Waals surface area contributed by atoms with Crippen LogP contribution in [0.25, 0.3) is 11.3 Å². The van der Waals surface area contributed by atoms with E-state index in [0.29, 0.717) is 12.1 Å². The second kappa shape index (κ2) is 7.59. The summed E-state index contributed by atoms with van der Waals surface area (Å²) in [5.41, 5.74) is 3.66. The lowest BCUT2D eigenvalue weighted by atomic mass is 10.1. The third kappa shape index (κ3) is 4.01. The van der Waals surface area contributed by atoms with Crippen molar-refractivity contribution in [1.82, 2.24) is 20.2 Å². The van der Waals surface area contributed by atoms with Crippen molar-refractivity contribution in [2.45, 2.75) is 13.8 Å². The average molecular weight is 328 g/mol. The molecule has 1 amide bonds. The van der Waals surface area contributed by atoms with Gasteiger partial charge in [0.05, 0.1) is 18.9 Å². The summed E-state index contributed by atoms with van der Waals surface area (Å²) in [6.45, 7) is 8.88. The normalized spacial score (nSPS) is 15.4. The Balaban J connectivity index is 1.54. The van der Waals surface area contributed by atoms with Crippen molar-refractivity contribution < 1.29 is 9.53 Å². The average Bonchev–Trinajstić information content (AvgIpc) is 2.94. The van der Waals surface area contributed by atoms with Gasteiger partial charge in [-0.25, -0.2) is 4.98 Å². The molecule has 1 aromatic carbocycles. The molecule has 1 aromatic heterocycles. The number of hydrogen-bond acceptors (Lipinski definition) is 4. The van der Waals surface area contributed by atoms with E-state index in [1.54, 1.807) is 0 Å². The molecule has 6 heteroatoms. The van der Waals surface area contributed by atoms with Gasteiger partial charge < -0.3 is 15.0 Å². The first kappa shape index (κ1) is 16.7. The first-order valence-electron chi connectivity index (χ1n) is 8.35. The van der Waals surface area contributed by atoms with Crippen molar-refractivity contribution in [3.05, 3.63) is 41.3 Å². The molecule has 128 valence electrons. The van der Waals surface area contributed by atoms with Crippen molar-refractivity contribution in [3.63, 3.8) is 0 Å². The summed E-state index contributed by atoms with van der Waals surface area (Å²) in [5, 5.41) is 2.98. The van der Waals surface area contributed by atoms with E-state index in [-0.39, 0.29) is 5.91 Å². The number of ether oxygens (including phenoxy) is 1. The number of carbonyl (C=O) groups is 1. The van der Waals surface area contributed by atoms with E-state index in [2.05, 4.69) is 20.2 Å². The first-order chi connectivity index (χ1) is 11.6. The number of rotatable bonds is 5. The molecule has 0 bridgehead atoms. The fourth-order valence-corrected chi connectivity index (χ4v) is 2.92. The molecule has 0 saturated carbocycles. The number of aryl methyl sites for hydroxylation is 2. The molecule has 6 nitrogen and oxygen atoms in total. The van der Waals surface area contributed by atoms with Crippen LogP contribution >= 0.6 is 0 Å². The topological polar surface area (TPSA) is 70.2 Å². The van der Waals surface area contributed by atoms with Gasteiger partial charge in [0, 0.05) is 43.0 Å². The largest absolute Gasteiger partial charge is 0.379 e. The van der Waals surface area contributed by atoms with E-state index < -0.39 is 0 Å². The number of aromatic nitrogens is 2. The van der Waals surface area contributed by atoms with Gasteiger partial charge in [-0.2, -0.15) is 0 Å². The fraction of sp³-hybridized carbons (Fsp3) is 0.444. The lowest BCUT2D eigenvalue weighted by Gasteiger charge is -2.26. The van der Waals surface area contributed by atoms with Gasteiger partial charge in [-0.3, -0.25) is 9.69 Å². The van der Waals surface area contributed by atoms with Gasteiger partial charge in [0.1, 0.15) is 5.82 Å². The summed E-state index contributed by atoms with van der Waals surface area (Å²) in [7, 11) is 0. The van der Waals surface area contributed by atoms with Crippen LogP contribution in [0.5, 0.6) is 0 Å². The van der Waals surface area contributed by atoms with Gasteiger partial charge in [-0.1, -0.05) is 12.1 Å². The third-order valence-electron chi connectivity index (χ3n) is 4.24. The molecule has 24 heavy (non-hydrogen) atoms. The number of morpholine rings is 1. The Labute approximate surface area is 142 Å². The minimum Gasteiger partial charge on any atom is -0.379 e. The van der Waals surface area contributed by atoms with E-state index >= 15 is 0 Å². The van der Waals surface area contributed by atoms with E-state index in [0.717, 1.165) is 55.6 Å². The minimum absolute atomic E-state index is 0.0373. The number of carbonyl (C=O) groups excluding carboxylic acids is 1. The lowest BCUT2D eigenvalue weighted by molar-refractivity contribution is 0.0383. The number of aromatic amines is 1. The van der Waals surface area contributed by atoms with Gasteiger partial charge >= 0.3 is 0 Å². The molecule has 0 radical (unpaired) electrons. The number of nitrogens with zero attached hydrogens (tertiary/aromatic N) is 2. The highest BCUT2D eigenvalue weighted by Gasteiger charge is 2.12. The Morgan fingerprint density at radius 3 is 2.58 bits per heavy atom. The summed E-state index contributed by atoms with van der Waals surface area (Å²) in [6, 6.07) is 7.59. The zero-order valence-corrected chi connectivity index (χ0v) is 14.3. The SMILES string of the molecule is Cc1nc(-c2ccc(C(=O)NCCN3CCOCC3)cc2)c(C)[nH]1. The predicted molar refractivity (Wildman–Crippen MR) is 93.1 cm³/mol. The first-order valence-corrected chi connectivity index (χ1v) is 8.35. The number of nitrogens with one attached hydrogen (secondary N) is 2. The fourth-order valence-electron chi connectivity index (χ4n) is 2.92. The van der Waals surface area contributed by atoms with Crippen molar-refractivity contribution in [2.24, 2.45) is 0 Å². The molecular formula is C18H24N4O2. The highest BCUT2D eigenvalue weighted by atomic mass is 16.5. The number of amides is 1. The van der Waals surface area contributed by atoms with Crippen LogP contribution in [0.3, 0.4) is 0 Å². The Morgan fingerprint density at radius 2 is 1.96 bits per heavy atom. The van der Waals surface area contributed by atoms with Crippen LogP contribution in [0.2, 0.25) is 0 Å². The molecule has 1 aliphatic heterocycles. The van der Waals surface area contributed by atoms with Gasteiger partial charge in [-0.15, -0.1) is 0 Å². The monoisotopic (exact) mass is 328 g/mol. The maximum Gasteiger partial charge on any atom is 0.251 e. The van der Waals surface area contributed by atoms with Gasteiger partial charge in [0.2, 0.25) is 0 Å². The third-order valence-corrected chi connectivity index (χ3v) is 4.24. The Bertz CT molecular complexity index is 688. The van der Waals surface area contributed by atoms with Gasteiger partial charge in [0.25, 0.3) is 5.91 Å². The molecular weight excluding hydrogens is 304 g/mol. The van der Waals surface area contributed by atoms with Crippen molar-refractivity contribution in [3.8, 4) is 11.3 Å². The summed E-state index contributed by atoms with van der Waals surface area (Å²) in [5.74, 6) is 0.858. The van der Waals surface area contributed by atoms with Crippen LogP contribution < -0.4 is 5.32 Å². The molecule has 0 aliphatic carbocycles. The molecule has 2 heterocycles. The lowest BCUT2D eigenvalue weighted by Crippen LogP contribution is -2.41. The van der Waals surface area contributed by atoms with E-state index in [1.165, 1.54) is 0 Å². The number of imidazole rings is 1. The zero-order valence-electron chi connectivity index (χ0n) is 14.3. The summed E-state index contributed by atoms with van der Waals surface area (Å²) in [4.78, 5) is 22.2. The molecule has 3 rings (SSSR count). The van der Waals surface area contributed by atoms with Crippen LogP contribution in [0.15, 0.2) is 24.3 Å². The molecule has 2 N–H and O–H groups in total. The molecule has 0 atom stereocenters. The molecule has 2 aromatic rings. The van der Waals surface area contributed by atoms with Gasteiger partial charge in [-0.05, 0) is 26.0 Å². The van der Waals surface area contributed by atoms with Crippen LogP contribution in [-0.2, 0) is 4.74 Å². The summed E-state index contributed by atoms with van der Waals surface area (Å²) < 4.78 is 5.32. The molecule has 1 aliphatic rings. The van der Waals surface area contributed by atoms with Crippen LogP contribution in [0.4, 0.5) is 0 Å². The summed E-state index contributed by atoms with van der Waals surface area (Å²) in [6.07, 6.45) is 0. The van der Waals surface area contributed by atoms with Crippen molar-refractivity contribution in [2.75, 3.05) is 39.4 Å². The molecule has 0 unspecified atom stereocenters. The molecule has 1 saturated heterocycles. The minimum atomic E-state index is -0.0373. The number of benzene rings is 1. The quantitative estimate of drug-likeness (QED) is 0.877. The molecule has 1 fully saturated rings. The maximum absolute atomic E-state index is 12.2. The van der Waals surface area contributed by atoms with Gasteiger partial charge in [0.15, 0.2) is 0 Å². The predicted octanol–water partition coefficient (Wildman–Crippen LogP) is 1.76. The van der Waals surface area contributed by atoms with Crippen molar-refractivity contribution >= 4 is 5.91 Å². The molecule has 0 spiro atoms. The number of hydrogen-bond donors (Lipinski definition) is 2. The van der Waals surface area contributed by atoms with Crippen LogP contribution in [-0.4, -0.2) is 60.2 Å². The highest BCUT2D eigenvalue weighted by Crippen LogP contribution is 2.21. The highest BCUT2D eigenvalue weighted by molar-refractivity contribution is 5.94. The van der Waals surface area contributed by atoms with Crippen LogP contribution in [0.1, 0.15) is 21.9 Å². The van der Waals surface area contributed by atoms with E-state index in [1.807, 2.05) is 38.1 Å². The second-order valence-corrected chi connectivity index (χ2v) is 6.08. The Morgan fingerprint density at radius 1 is 1.25 bits per heavy atom. The van der Waals surface area contributed by atoms with E-state index in [4.69, 9.17) is 4.74 Å².